The van der Waals surface area contributed by atoms with Crippen molar-refractivity contribution < 1.29 is 9.59 Å². The third-order valence-electron chi connectivity index (χ3n) is 6.36. The molecule has 4 bridgehead atoms. The van der Waals surface area contributed by atoms with Gasteiger partial charge in [-0.15, -0.1) is 11.3 Å². The van der Waals surface area contributed by atoms with Crippen molar-refractivity contribution in [3.63, 3.8) is 0 Å². The van der Waals surface area contributed by atoms with Crippen LogP contribution in [0.1, 0.15) is 71.5 Å². The fourth-order valence-electron chi connectivity index (χ4n) is 5.89. The van der Waals surface area contributed by atoms with Crippen molar-refractivity contribution in [2.75, 3.05) is 0 Å². The third-order valence-corrected chi connectivity index (χ3v) is 7.33. The molecule has 0 aliphatic heterocycles. The quantitative estimate of drug-likeness (QED) is 0.803. The number of aryl methyl sites for hydroxylation is 2. The van der Waals surface area contributed by atoms with Gasteiger partial charge >= 0.3 is 0 Å². The highest BCUT2D eigenvalue weighted by atomic mass is 32.1. The maximum Gasteiger partial charge on any atom is 0.220 e. The molecule has 1 amide bonds. The van der Waals surface area contributed by atoms with E-state index in [-0.39, 0.29) is 17.2 Å². The molecule has 1 aromatic heterocycles. The number of Topliss-reactive ketones (excluding diaryl/α,β-unsaturated/α-hetero) is 1. The zero-order valence-corrected chi connectivity index (χ0v) is 15.5. The van der Waals surface area contributed by atoms with Crippen LogP contribution in [0.5, 0.6) is 0 Å². The number of carbonyl (C=O) groups excluding carboxylic acids is 2. The molecule has 3 nitrogen and oxygen atoms in total. The zero-order valence-electron chi connectivity index (χ0n) is 14.7. The van der Waals surface area contributed by atoms with Crippen LogP contribution in [0.25, 0.3) is 0 Å². The highest BCUT2D eigenvalue weighted by Gasteiger charge is 2.51. The normalized spacial score (nSPS) is 33.7. The van der Waals surface area contributed by atoms with Crippen molar-refractivity contribution in [2.24, 2.45) is 17.8 Å². The van der Waals surface area contributed by atoms with Gasteiger partial charge in [-0.3, -0.25) is 9.59 Å². The summed E-state index contributed by atoms with van der Waals surface area (Å²) in [6.45, 7) is 4.01. The fraction of sp³-hybridized carbons (Fsp3) is 0.700. The minimum absolute atomic E-state index is 0.0593. The second kappa shape index (κ2) is 5.98. The number of ketones is 1. The number of carbonyl (C=O) groups is 2. The zero-order chi connectivity index (χ0) is 16.9. The summed E-state index contributed by atoms with van der Waals surface area (Å²) in [5.41, 5.74) is 0.865. The summed E-state index contributed by atoms with van der Waals surface area (Å²) in [6, 6.07) is 1.96. The lowest BCUT2D eigenvalue weighted by Gasteiger charge is -2.56. The van der Waals surface area contributed by atoms with Crippen molar-refractivity contribution in [3.8, 4) is 0 Å². The summed E-state index contributed by atoms with van der Waals surface area (Å²) in [5.74, 6) is 2.67. The molecular weight excluding hydrogens is 318 g/mol. The average molecular weight is 346 g/mol. The Labute approximate surface area is 148 Å². The van der Waals surface area contributed by atoms with Crippen LogP contribution in [0.3, 0.4) is 0 Å². The SMILES string of the molecule is Cc1cc(C(=O)CCC(=O)NC23CC4CC(CC(C4)C2)C3)c(C)s1. The van der Waals surface area contributed by atoms with Gasteiger partial charge in [0.25, 0.3) is 0 Å². The lowest BCUT2D eigenvalue weighted by molar-refractivity contribution is -0.126. The van der Waals surface area contributed by atoms with Crippen LogP contribution in [-0.2, 0) is 4.79 Å². The Balaban J connectivity index is 1.34. The first-order valence-corrected chi connectivity index (χ1v) is 10.2. The van der Waals surface area contributed by atoms with E-state index in [1.165, 1.54) is 38.5 Å². The van der Waals surface area contributed by atoms with Crippen LogP contribution in [0.2, 0.25) is 0 Å². The van der Waals surface area contributed by atoms with Gasteiger partial charge in [-0.25, -0.2) is 0 Å². The van der Waals surface area contributed by atoms with Gasteiger partial charge in [-0.2, -0.15) is 0 Å². The van der Waals surface area contributed by atoms with Crippen LogP contribution in [0.15, 0.2) is 6.07 Å². The highest BCUT2D eigenvalue weighted by molar-refractivity contribution is 7.12. The van der Waals surface area contributed by atoms with Gasteiger partial charge in [0, 0.05) is 33.7 Å². The van der Waals surface area contributed by atoms with Gasteiger partial charge in [0.1, 0.15) is 0 Å². The van der Waals surface area contributed by atoms with Gasteiger partial charge in [0.2, 0.25) is 5.91 Å². The monoisotopic (exact) mass is 345 g/mol. The van der Waals surface area contributed by atoms with E-state index < -0.39 is 0 Å². The largest absolute Gasteiger partial charge is 0.351 e. The number of thiophene rings is 1. The molecule has 5 rings (SSSR count). The molecular formula is C20H27NO2S. The number of nitrogens with one attached hydrogen (secondary N) is 1. The predicted molar refractivity (Wildman–Crippen MR) is 96.4 cm³/mol. The Bertz CT molecular complexity index is 640. The lowest BCUT2D eigenvalue weighted by atomic mass is 9.53. The van der Waals surface area contributed by atoms with E-state index in [0.29, 0.717) is 12.8 Å². The van der Waals surface area contributed by atoms with Gasteiger partial charge in [0.05, 0.1) is 0 Å². The first-order valence-electron chi connectivity index (χ1n) is 9.34. The van der Waals surface area contributed by atoms with Crippen LogP contribution in [-0.4, -0.2) is 17.2 Å². The molecule has 24 heavy (non-hydrogen) atoms. The Morgan fingerprint density at radius 3 is 2.17 bits per heavy atom. The van der Waals surface area contributed by atoms with Gasteiger partial charge in [-0.1, -0.05) is 0 Å². The van der Waals surface area contributed by atoms with E-state index in [4.69, 9.17) is 0 Å². The molecule has 0 radical (unpaired) electrons. The second-order valence-corrected chi connectivity index (χ2v) is 9.96. The summed E-state index contributed by atoms with van der Waals surface area (Å²) in [7, 11) is 0. The number of hydrogen-bond donors (Lipinski definition) is 1. The van der Waals surface area contributed by atoms with Crippen molar-refractivity contribution >= 4 is 23.0 Å². The number of hydrogen-bond acceptors (Lipinski definition) is 3. The standard InChI is InChI=1S/C20H27NO2S/c1-12-5-17(13(2)24-12)18(22)3-4-19(23)21-20-9-14-6-15(10-20)8-16(7-14)11-20/h5,14-16H,3-4,6-11H2,1-2H3,(H,21,23). The van der Waals surface area contributed by atoms with Crippen LogP contribution >= 0.6 is 11.3 Å². The van der Waals surface area contributed by atoms with E-state index >= 15 is 0 Å². The maximum absolute atomic E-state index is 12.5. The fourth-order valence-corrected chi connectivity index (χ4v) is 6.83. The molecule has 1 heterocycles. The first-order chi connectivity index (χ1) is 11.4. The van der Waals surface area contributed by atoms with Crippen molar-refractivity contribution in [1.29, 1.82) is 0 Å². The topological polar surface area (TPSA) is 46.2 Å². The van der Waals surface area contributed by atoms with Crippen molar-refractivity contribution in [2.45, 2.75) is 70.8 Å². The predicted octanol–water partition coefficient (Wildman–Crippen LogP) is 4.41. The average Bonchev–Trinajstić information content (AvgIpc) is 2.81. The highest BCUT2D eigenvalue weighted by Crippen LogP contribution is 2.55. The molecule has 0 aromatic carbocycles. The smallest absolute Gasteiger partial charge is 0.220 e. The Morgan fingerprint density at radius 1 is 1.08 bits per heavy atom. The van der Waals surface area contributed by atoms with E-state index in [1.54, 1.807) is 11.3 Å². The molecule has 0 spiro atoms. The van der Waals surface area contributed by atoms with Gasteiger partial charge in [-0.05, 0) is 76.2 Å². The molecule has 4 aliphatic rings. The summed E-state index contributed by atoms with van der Waals surface area (Å²) in [4.78, 5) is 27.1. The molecule has 0 unspecified atom stereocenters. The van der Waals surface area contributed by atoms with E-state index in [2.05, 4.69) is 5.32 Å². The van der Waals surface area contributed by atoms with E-state index in [9.17, 15) is 9.59 Å². The minimum atomic E-state index is 0.0593. The van der Waals surface area contributed by atoms with E-state index in [0.717, 1.165) is 33.1 Å². The van der Waals surface area contributed by atoms with Gasteiger partial charge < -0.3 is 5.32 Å². The molecule has 1 aromatic rings. The van der Waals surface area contributed by atoms with Crippen LogP contribution in [0.4, 0.5) is 0 Å². The van der Waals surface area contributed by atoms with Crippen molar-refractivity contribution in [1.82, 2.24) is 5.32 Å². The summed E-state index contributed by atoms with van der Waals surface area (Å²) >= 11 is 1.65. The van der Waals surface area contributed by atoms with Crippen LogP contribution < -0.4 is 5.32 Å². The third kappa shape index (κ3) is 3.05. The molecule has 4 heteroatoms. The van der Waals surface area contributed by atoms with E-state index in [1.807, 2.05) is 19.9 Å². The Hall–Kier alpha value is -1.16. The molecule has 4 saturated carbocycles. The van der Waals surface area contributed by atoms with Gasteiger partial charge in [0.15, 0.2) is 5.78 Å². The van der Waals surface area contributed by atoms with Crippen molar-refractivity contribution in [3.05, 3.63) is 21.4 Å². The lowest BCUT2D eigenvalue weighted by Crippen LogP contribution is -2.59. The second-order valence-electron chi connectivity index (χ2n) is 8.50. The molecule has 4 fully saturated rings. The molecule has 130 valence electrons. The molecule has 1 N–H and O–H groups in total. The minimum Gasteiger partial charge on any atom is -0.351 e. The molecule has 4 aliphatic carbocycles. The first kappa shape index (κ1) is 16.3. The Morgan fingerprint density at radius 2 is 1.67 bits per heavy atom. The maximum atomic E-state index is 12.5. The molecule has 0 saturated heterocycles. The number of rotatable bonds is 5. The number of amides is 1. The van der Waals surface area contributed by atoms with Crippen LogP contribution in [0, 0.1) is 31.6 Å². The summed E-state index contributed by atoms with van der Waals surface area (Å²) in [5, 5.41) is 3.36. The summed E-state index contributed by atoms with van der Waals surface area (Å²) in [6.07, 6.45) is 8.30. The molecule has 0 atom stereocenters. The Kier molecular flexibility index (Phi) is 4.06. The summed E-state index contributed by atoms with van der Waals surface area (Å²) < 4.78 is 0.